The Balaban J connectivity index is 1.85. The molecule has 0 saturated heterocycles. The lowest BCUT2D eigenvalue weighted by Crippen LogP contribution is -2.29. The van der Waals surface area contributed by atoms with Crippen LogP contribution in [0.3, 0.4) is 0 Å². The average molecular weight is 623 g/mol. The smallest absolute Gasteiger partial charge is 0.316 e. The highest BCUT2D eigenvalue weighted by Gasteiger charge is 2.43. The zero-order chi connectivity index (χ0) is 33.9. The summed E-state index contributed by atoms with van der Waals surface area (Å²) in [6, 6.07) is 6.97. The molecule has 4 rings (SSSR count). The van der Waals surface area contributed by atoms with Gasteiger partial charge in [0, 0.05) is 17.4 Å². The monoisotopic (exact) mass is 622 g/mol. The first kappa shape index (κ1) is 34.0. The van der Waals surface area contributed by atoms with Crippen LogP contribution >= 0.6 is 0 Å². The minimum atomic E-state index is -0.835. The van der Waals surface area contributed by atoms with E-state index in [0.717, 1.165) is 16.7 Å². The molecule has 0 N–H and O–H groups in total. The van der Waals surface area contributed by atoms with E-state index >= 15 is 0 Å². The first-order chi connectivity index (χ1) is 20.5. The fraction of sp³-hybridized carbons (Fsp3) is 0.556. The molecule has 1 heterocycles. The molecule has 9 heteroatoms. The van der Waals surface area contributed by atoms with E-state index in [-0.39, 0.29) is 41.4 Å². The number of esters is 4. The van der Waals surface area contributed by atoms with Gasteiger partial charge in [0.25, 0.3) is 0 Å². The molecule has 2 aromatic carbocycles. The summed E-state index contributed by atoms with van der Waals surface area (Å²) in [5.41, 5.74) is -0.672. The van der Waals surface area contributed by atoms with E-state index in [0.29, 0.717) is 12.2 Å². The van der Waals surface area contributed by atoms with Crippen LogP contribution in [0.2, 0.25) is 0 Å². The number of carbonyl (C=O) groups excluding carboxylic acids is 4. The molecule has 0 spiro atoms. The van der Waals surface area contributed by atoms with Crippen LogP contribution < -0.4 is 23.7 Å². The van der Waals surface area contributed by atoms with Gasteiger partial charge in [-0.2, -0.15) is 0 Å². The van der Waals surface area contributed by atoms with Crippen molar-refractivity contribution in [2.75, 3.05) is 6.61 Å². The molecular weight excluding hydrogens is 576 g/mol. The maximum atomic E-state index is 13.1. The van der Waals surface area contributed by atoms with Gasteiger partial charge in [0.2, 0.25) is 5.75 Å². The summed E-state index contributed by atoms with van der Waals surface area (Å²) in [5, 5.41) is 0. The lowest BCUT2D eigenvalue weighted by atomic mass is 9.83. The molecule has 1 aliphatic heterocycles. The van der Waals surface area contributed by atoms with E-state index in [4.69, 9.17) is 23.7 Å². The van der Waals surface area contributed by atoms with Crippen LogP contribution in [0.5, 0.6) is 28.7 Å². The predicted octanol–water partition coefficient (Wildman–Crippen LogP) is 7.19. The quantitative estimate of drug-likeness (QED) is 0.258. The predicted molar refractivity (Wildman–Crippen MR) is 168 cm³/mol. The van der Waals surface area contributed by atoms with Crippen molar-refractivity contribution in [3.63, 3.8) is 0 Å². The van der Waals surface area contributed by atoms with E-state index < -0.39 is 45.5 Å². The number of hydrogen-bond acceptors (Lipinski definition) is 9. The molecule has 1 unspecified atom stereocenters. The zero-order valence-corrected chi connectivity index (χ0v) is 28.6. The molecule has 0 fully saturated rings. The largest absolute Gasteiger partial charge is 0.489 e. The molecule has 0 radical (unpaired) electrons. The second kappa shape index (κ2) is 11.5. The highest BCUT2D eigenvalue weighted by Crippen LogP contribution is 2.55. The van der Waals surface area contributed by atoms with Crippen molar-refractivity contribution in [1.29, 1.82) is 0 Å². The van der Waals surface area contributed by atoms with Crippen molar-refractivity contribution < 1.29 is 42.9 Å². The van der Waals surface area contributed by atoms with Crippen molar-refractivity contribution in [2.45, 2.75) is 95.4 Å². The molecular formula is C36H46O9. The second-order valence-electron chi connectivity index (χ2n) is 16.1. The lowest BCUT2D eigenvalue weighted by molar-refractivity contribution is -0.145. The third-order valence-electron chi connectivity index (χ3n) is 7.63. The molecule has 1 aliphatic carbocycles. The summed E-state index contributed by atoms with van der Waals surface area (Å²) >= 11 is 0. The standard InChI is InChI=1S/C36H46O9/c1-33(2,3)29(37)42-23-14-13-21-26-20(18-41-27(21)28(23)45-32(40)36(10,11)12)15-19-16-24(43-30(38)34(4,5)6)25(17-22(19)26)44-31(39)35(7,8)9/h13-14,16-17,20,26H,15,18H2,1-12H3/t20?,26-/m0/s1. The number of ether oxygens (including phenoxy) is 5. The Morgan fingerprint density at radius 3 is 1.53 bits per heavy atom. The average Bonchev–Trinajstić information content (AvgIpc) is 3.25. The summed E-state index contributed by atoms with van der Waals surface area (Å²) in [6.45, 7) is 21.2. The summed E-state index contributed by atoms with van der Waals surface area (Å²) in [5.74, 6) is -1.37. The van der Waals surface area contributed by atoms with E-state index in [1.165, 1.54) is 0 Å². The Bertz CT molecular complexity index is 1540. The molecule has 45 heavy (non-hydrogen) atoms. The van der Waals surface area contributed by atoms with Crippen molar-refractivity contribution in [1.82, 2.24) is 0 Å². The van der Waals surface area contributed by atoms with Crippen molar-refractivity contribution >= 4 is 23.9 Å². The minimum absolute atomic E-state index is 0.00128. The molecule has 2 aromatic rings. The Morgan fingerprint density at radius 1 is 0.600 bits per heavy atom. The SMILES string of the molecule is CC(C)(C)C(=O)Oc1cc2c(cc1OC(=O)C(C)(C)C)[C@@H]1c3ccc(OC(=O)C(C)(C)C)c(OC(=O)C(C)(C)C)c3OCC1C2. The van der Waals surface area contributed by atoms with Gasteiger partial charge in [0.05, 0.1) is 28.3 Å². The molecule has 9 nitrogen and oxygen atoms in total. The highest BCUT2D eigenvalue weighted by atomic mass is 16.6. The molecule has 244 valence electrons. The Morgan fingerprint density at radius 2 is 1.04 bits per heavy atom. The van der Waals surface area contributed by atoms with Gasteiger partial charge in [-0.05, 0) is 119 Å². The second-order valence-corrected chi connectivity index (χ2v) is 16.1. The summed E-state index contributed by atoms with van der Waals surface area (Å²) in [4.78, 5) is 51.9. The van der Waals surface area contributed by atoms with Crippen molar-refractivity contribution in [3.05, 3.63) is 41.0 Å². The first-order valence-electron chi connectivity index (χ1n) is 15.3. The van der Waals surface area contributed by atoms with Crippen molar-refractivity contribution in [3.8, 4) is 28.7 Å². The van der Waals surface area contributed by atoms with Crippen LogP contribution in [-0.4, -0.2) is 30.5 Å². The molecule has 2 atom stereocenters. The van der Waals surface area contributed by atoms with Gasteiger partial charge in [0.1, 0.15) is 0 Å². The molecule has 0 saturated carbocycles. The van der Waals surface area contributed by atoms with Crippen LogP contribution in [0.15, 0.2) is 24.3 Å². The van der Waals surface area contributed by atoms with Gasteiger partial charge in [0.15, 0.2) is 23.0 Å². The van der Waals surface area contributed by atoms with Crippen LogP contribution in [0.4, 0.5) is 0 Å². The van der Waals surface area contributed by atoms with E-state index in [9.17, 15) is 19.2 Å². The molecule has 0 amide bonds. The summed E-state index contributed by atoms with van der Waals surface area (Å²) in [7, 11) is 0. The number of rotatable bonds is 4. The van der Waals surface area contributed by atoms with Gasteiger partial charge >= 0.3 is 23.9 Å². The van der Waals surface area contributed by atoms with Crippen LogP contribution in [-0.2, 0) is 25.6 Å². The molecule has 0 aromatic heterocycles. The fourth-order valence-corrected chi connectivity index (χ4v) is 4.80. The van der Waals surface area contributed by atoms with Gasteiger partial charge in [-0.3, -0.25) is 19.2 Å². The third kappa shape index (κ3) is 7.18. The first-order valence-corrected chi connectivity index (χ1v) is 15.3. The van der Waals surface area contributed by atoms with Gasteiger partial charge in [-0.25, -0.2) is 0 Å². The fourth-order valence-electron chi connectivity index (χ4n) is 4.80. The highest BCUT2D eigenvalue weighted by molar-refractivity contribution is 5.84. The Kier molecular flexibility index (Phi) is 8.68. The normalized spacial score (nSPS) is 17.7. The Hall–Kier alpha value is -3.88. The van der Waals surface area contributed by atoms with Crippen molar-refractivity contribution in [2.24, 2.45) is 27.6 Å². The van der Waals surface area contributed by atoms with Gasteiger partial charge in [-0.1, -0.05) is 6.07 Å². The lowest BCUT2D eigenvalue weighted by Gasteiger charge is -2.31. The van der Waals surface area contributed by atoms with Crippen LogP contribution in [0, 0.1) is 27.6 Å². The maximum Gasteiger partial charge on any atom is 0.316 e. The Labute approximate surface area is 265 Å². The maximum absolute atomic E-state index is 13.1. The summed E-state index contributed by atoms with van der Waals surface area (Å²) in [6.07, 6.45) is 0.616. The third-order valence-corrected chi connectivity index (χ3v) is 7.63. The number of carbonyl (C=O) groups is 4. The number of fused-ring (bicyclic) bond motifs is 5. The van der Waals surface area contributed by atoms with Crippen LogP contribution in [0.1, 0.15) is 106 Å². The number of hydrogen-bond donors (Lipinski definition) is 0. The molecule has 2 aliphatic rings. The van der Waals surface area contributed by atoms with E-state index in [2.05, 4.69) is 0 Å². The zero-order valence-electron chi connectivity index (χ0n) is 28.6. The van der Waals surface area contributed by atoms with Crippen LogP contribution in [0.25, 0.3) is 0 Å². The van der Waals surface area contributed by atoms with Gasteiger partial charge in [-0.15, -0.1) is 0 Å². The topological polar surface area (TPSA) is 114 Å². The van der Waals surface area contributed by atoms with E-state index in [1.807, 2.05) is 6.07 Å². The number of benzene rings is 2. The molecule has 0 bridgehead atoms. The van der Waals surface area contributed by atoms with Gasteiger partial charge < -0.3 is 23.7 Å². The summed E-state index contributed by atoms with van der Waals surface area (Å²) < 4.78 is 29.5. The van der Waals surface area contributed by atoms with E-state index in [1.54, 1.807) is 101 Å². The minimum Gasteiger partial charge on any atom is -0.489 e.